The van der Waals surface area contributed by atoms with Crippen LogP contribution in [0.3, 0.4) is 0 Å². The lowest BCUT2D eigenvalue weighted by Gasteiger charge is -2.06. The number of hydrazine groups is 1. The standard InChI is InChI=1S/C14H24N4O/c1-2-3-4-5-6-7-9-17-14(19)13-11-12(18-15)8-10-16-13/h8,10-11H,2-7,9,15H2,1H3,(H,16,18)(H,17,19). The number of pyridine rings is 1. The quantitative estimate of drug-likeness (QED) is 0.363. The van der Waals surface area contributed by atoms with Crippen molar-refractivity contribution in [2.75, 3.05) is 12.0 Å². The largest absolute Gasteiger partial charge is 0.351 e. The van der Waals surface area contributed by atoms with Crippen molar-refractivity contribution in [3.8, 4) is 0 Å². The van der Waals surface area contributed by atoms with Crippen LogP contribution in [-0.4, -0.2) is 17.4 Å². The Balaban J connectivity index is 2.20. The Labute approximate surface area is 115 Å². The Morgan fingerprint density at radius 2 is 2.00 bits per heavy atom. The molecule has 0 saturated carbocycles. The summed E-state index contributed by atoms with van der Waals surface area (Å²) in [6, 6.07) is 3.35. The number of amides is 1. The van der Waals surface area contributed by atoms with Crippen molar-refractivity contribution in [1.82, 2.24) is 10.3 Å². The maximum Gasteiger partial charge on any atom is 0.269 e. The van der Waals surface area contributed by atoms with Crippen LogP contribution in [0.1, 0.15) is 55.9 Å². The molecule has 5 heteroatoms. The van der Waals surface area contributed by atoms with Crippen LogP contribution in [0.15, 0.2) is 18.3 Å². The Hall–Kier alpha value is -1.62. The number of hydrogen-bond acceptors (Lipinski definition) is 4. The number of nitrogens with zero attached hydrogens (tertiary/aromatic N) is 1. The third-order valence-corrected chi connectivity index (χ3v) is 2.98. The highest BCUT2D eigenvalue weighted by molar-refractivity contribution is 5.93. The molecule has 1 aromatic heterocycles. The summed E-state index contributed by atoms with van der Waals surface area (Å²) < 4.78 is 0. The fourth-order valence-corrected chi connectivity index (χ4v) is 1.84. The maximum absolute atomic E-state index is 11.8. The van der Waals surface area contributed by atoms with Gasteiger partial charge in [0, 0.05) is 12.7 Å². The van der Waals surface area contributed by atoms with Gasteiger partial charge < -0.3 is 10.7 Å². The molecule has 0 bridgehead atoms. The van der Waals surface area contributed by atoms with E-state index in [0.29, 0.717) is 17.9 Å². The van der Waals surface area contributed by atoms with Crippen molar-refractivity contribution < 1.29 is 4.79 Å². The molecule has 1 rings (SSSR count). The first-order valence-corrected chi connectivity index (χ1v) is 6.98. The first-order chi connectivity index (χ1) is 9.27. The zero-order chi connectivity index (χ0) is 13.9. The number of hydrogen-bond donors (Lipinski definition) is 3. The summed E-state index contributed by atoms with van der Waals surface area (Å²) in [7, 11) is 0. The molecule has 0 atom stereocenters. The number of aromatic nitrogens is 1. The van der Waals surface area contributed by atoms with E-state index < -0.39 is 0 Å². The van der Waals surface area contributed by atoms with Crippen molar-refractivity contribution in [3.63, 3.8) is 0 Å². The van der Waals surface area contributed by atoms with E-state index in [2.05, 4.69) is 22.7 Å². The summed E-state index contributed by atoms with van der Waals surface area (Å²) >= 11 is 0. The van der Waals surface area contributed by atoms with E-state index in [1.165, 1.54) is 25.7 Å². The third kappa shape index (κ3) is 6.20. The van der Waals surface area contributed by atoms with Crippen LogP contribution in [0, 0.1) is 0 Å². The van der Waals surface area contributed by atoms with Gasteiger partial charge in [-0.05, 0) is 18.6 Å². The van der Waals surface area contributed by atoms with Crippen LogP contribution in [0.4, 0.5) is 5.69 Å². The molecule has 0 aliphatic carbocycles. The van der Waals surface area contributed by atoms with E-state index in [0.717, 1.165) is 12.8 Å². The molecule has 0 fully saturated rings. The predicted octanol–water partition coefficient (Wildman–Crippen LogP) is 2.46. The van der Waals surface area contributed by atoms with Gasteiger partial charge in [0.25, 0.3) is 5.91 Å². The Kier molecular flexibility index (Phi) is 7.58. The molecule has 19 heavy (non-hydrogen) atoms. The number of carbonyl (C=O) groups excluding carboxylic acids is 1. The Bertz CT molecular complexity index is 381. The van der Waals surface area contributed by atoms with Crippen molar-refractivity contribution >= 4 is 11.6 Å². The number of rotatable bonds is 9. The highest BCUT2D eigenvalue weighted by Gasteiger charge is 2.06. The Morgan fingerprint density at radius 3 is 2.74 bits per heavy atom. The first-order valence-electron chi connectivity index (χ1n) is 6.98. The number of nitrogens with two attached hydrogens (primary N) is 1. The monoisotopic (exact) mass is 264 g/mol. The van der Waals surface area contributed by atoms with Gasteiger partial charge in [-0.3, -0.25) is 15.6 Å². The summed E-state index contributed by atoms with van der Waals surface area (Å²) in [4.78, 5) is 15.8. The minimum Gasteiger partial charge on any atom is -0.351 e. The number of nitrogens with one attached hydrogen (secondary N) is 2. The molecule has 0 radical (unpaired) electrons. The average Bonchev–Trinajstić information content (AvgIpc) is 2.46. The fourth-order valence-electron chi connectivity index (χ4n) is 1.84. The average molecular weight is 264 g/mol. The molecule has 0 unspecified atom stereocenters. The van der Waals surface area contributed by atoms with E-state index in [9.17, 15) is 4.79 Å². The predicted molar refractivity (Wildman–Crippen MR) is 77.8 cm³/mol. The van der Waals surface area contributed by atoms with Crippen molar-refractivity contribution in [1.29, 1.82) is 0 Å². The molecule has 0 aliphatic heterocycles. The van der Waals surface area contributed by atoms with Gasteiger partial charge >= 0.3 is 0 Å². The highest BCUT2D eigenvalue weighted by Crippen LogP contribution is 2.06. The normalized spacial score (nSPS) is 10.2. The zero-order valence-electron chi connectivity index (χ0n) is 11.6. The van der Waals surface area contributed by atoms with Gasteiger partial charge in [-0.1, -0.05) is 39.0 Å². The fraction of sp³-hybridized carbons (Fsp3) is 0.571. The van der Waals surface area contributed by atoms with Crippen molar-refractivity contribution in [2.45, 2.75) is 45.4 Å². The maximum atomic E-state index is 11.8. The molecule has 1 heterocycles. The topological polar surface area (TPSA) is 80.0 Å². The van der Waals surface area contributed by atoms with Gasteiger partial charge in [0.15, 0.2) is 0 Å². The molecule has 106 valence electrons. The lowest BCUT2D eigenvalue weighted by molar-refractivity contribution is 0.0948. The van der Waals surface area contributed by atoms with Gasteiger partial charge in [-0.25, -0.2) is 0 Å². The third-order valence-electron chi connectivity index (χ3n) is 2.98. The summed E-state index contributed by atoms with van der Waals surface area (Å²) in [6.45, 7) is 2.91. The van der Waals surface area contributed by atoms with Crippen LogP contribution in [0.5, 0.6) is 0 Å². The molecule has 0 spiro atoms. The van der Waals surface area contributed by atoms with Gasteiger partial charge in [0.05, 0.1) is 5.69 Å². The highest BCUT2D eigenvalue weighted by atomic mass is 16.1. The molecule has 4 N–H and O–H groups in total. The van der Waals surface area contributed by atoms with Gasteiger partial charge in [0.2, 0.25) is 0 Å². The molecule has 1 aromatic rings. The second-order valence-corrected chi connectivity index (χ2v) is 4.60. The van der Waals surface area contributed by atoms with Crippen LogP contribution in [-0.2, 0) is 0 Å². The molecular formula is C14H24N4O. The number of anilines is 1. The molecule has 0 aliphatic rings. The van der Waals surface area contributed by atoms with Crippen LogP contribution in [0.2, 0.25) is 0 Å². The summed E-state index contributed by atoms with van der Waals surface area (Å²) in [6.07, 6.45) is 8.84. The molecule has 5 nitrogen and oxygen atoms in total. The summed E-state index contributed by atoms with van der Waals surface area (Å²) in [5, 5.41) is 2.87. The summed E-state index contributed by atoms with van der Waals surface area (Å²) in [5.74, 6) is 5.14. The zero-order valence-corrected chi connectivity index (χ0v) is 11.6. The van der Waals surface area contributed by atoms with Crippen molar-refractivity contribution in [3.05, 3.63) is 24.0 Å². The minimum atomic E-state index is -0.148. The first kappa shape index (κ1) is 15.4. The summed E-state index contributed by atoms with van der Waals surface area (Å²) in [5.41, 5.74) is 3.57. The lowest BCUT2D eigenvalue weighted by Crippen LogP contribution is -2.25. The van der Waals surface area contributed by atoms with Gasteiger partial charge in [-0.15, -0.1) is 0 Å². The number of carbonyl (C=O) groups is 1. The SMILES string of the molecule is CCCCCCCCNC(=O)c1cc(NN)ccn1. The second kappa shape index (κ2) is 9.33. The van der Waals surface area contributed by atoms with Gasteiger partial charge in [0.1, 0.15) is 5.69 Å². The van der Waals surface area contributed by atoms with Crippen LogP contribution in [0.25, 0.3) is 0 Å². The van der Waals surface area contributed by atoms with E-state index in [1.54, 1.807) is 18.3 Å². The van der Waals surface area contributed by atoms with Crippen LogP contribution >= 0.6 is 0 Å². The van der Waals surface area contributed by atoms with E-state index >= 15 is 0 Å². The number of unbranched alkanes of at least 4 members (excludes halogenated alkanes) is 5. The lowest BCUT2D eigenvalue weighted by atomic mass is 10.1. The number of nitrogen functional groups attached to an aromatic ring is 1. The van der Waals surface area contributed by atoms with E-state index in [-0.39, 0.29) is 5.91 Å². The molecule has 0 aromatic carbocycles. The second-order valence-electron chi connectivity index (χ2n) is 4.60. The molecule has 1 amide bonds. The smallest absolute Gasteiger partial charge is 0.269 e. The van der Waals surface area contributed by atoms with E-state index in [1.807, 2.05) is 0 Å². The van der Waals surface area contributed by atoms with Crippen LogP contribution < -0.4 is 16.6 Å². The minimum absolute atomic E-state index is 0.148. The Morgan fingerprint density at radius 1 is 1.26 bits per heavy atom. The van der Waals surface area contributed by atoms with E-state index in [4.69, 9.17) is 5.84 Å². The van der Waals surface area contributed by atoms with Gasteiger partial charge in [-0.2, -0.15) is 0 Å². The van der Waals surface area contributed by atoms with Crippen molar-refractivity contribution in [2.24, 2.45) is 5.84 Å². The molecule has 0 saturated heterocycles. The molecular weight excluding hydrogens is 240 g/mol.